The van der Waals surface area contributed by atoms with E-state index in [0.717, 1.165) is 34.5 Å². The zero-order valence-corrected chi connectivity index (χ0v) is 32.5. The van der Waals surface area contributed by atoms with Crippen LogP contribution in [0.2, 0.25) is 48.8 Å². The number of hydrogen-bond acceptors (Lipinski definition) is 8. The molecule has 49 heavy (non-hydrogen) atoms. The number of fused-ring (bicyclic) bond motifs is 2. The SMILES string of the molecule is CC(C)(C)[Si](C)(C)OC1CO[C@H]2C1OC[C@H]2Oc1nc2nc(-c3ccc(-c4ccc(C=O)cc4)cc3)c(Cl)cc2n1COCC[Si](C)(C)C. The third kappa shape index (κ3) is 7.88. The van der Waals surface area contributed by atoms with Crippen LogP contribution in [0.25, 0.3) is 33.5 Å². The van der Waals surface area contributed by atoms with Crippen molar-refractivity contribution in [2.24, 2.45) is 0 Å². The standard InChI is InChI=1S/C37H48ClN3O6Si2/c1-37(2,3)49(7,8)47-31-22-45-33-30(21-44-34(31)33)46-36-40-35-29(41(36)23-43-17-18-48(4,5)6)19-28(38)32(39-35)27-15-13-26(14-16-27)25-11-9-24(20-42)10-12-25/h9-16,19-20,30-31,33-34H,17-18,21-23H2,1-8H3/t30-,31?,33-,34?/m1/s1. The van der Waals surface area contributed by atoms with Gasteiger partial charge in [0.1, 0.15) is 25.2 Å². The lowest BCUT2D eigenvalue weighted by Gasteiger charge is -2.39. The molecule has 2 unspecified atom stereocenters. The Bertz CT molecular complexity index is 1780. The number of ether oxygens (including phenoxy) is 4. The summed E-state index contributed by atoms with van der Waals surface area (Å²) in [4.78, 5) is 20.9. The molecule has 4 atom stereocenters. The summed E-state index contributed by atoms with van der Waals surface area (Å²) in [5, 5.41) is 0.582. The minimum absolute atomic E-state index is 0.0826. The van der Waals surface area contributed by atoms with E-state index in [-0.39, 0.29) is 36.2 Å². The Morgan fingerprint density at radius 2 is 1.49 bits per heavy atom. The molecule has 2 saturated heterocycles. The van der Waals surface area contributed by atoms with Crippen LogP contribution in [0, 0.1) is 0 Å². The summed E-state index contributed by atoms with van der Waals surface area (Å²) in [6, 6.07) is 18.8. The molecule has 2 aromatic heterocycles. The summed E-state index contributed by atoms with van der Waals surface area (Å²) >= 11 is 6.91. The first kappa shape index (κ1) is 35.9. The fourth-order valence-electron chi connectivity index (χ4n) is 5.85. The van der Waals surface area contributed by atoms with Crippen molar-refractivity contribution >= 4 is 45.4 Å². The van der Waals surface area contributed by atoms with Crippen molar-refractivity contribution in [3.8, 4) is 28.4 Å². The molecule has 0 N–H and O–H groups in total. The second-order valence-corrected chi connectivity index (χ2v) is 26.6. The molecule has 2 aliphatic rings. The average molecular weight is 722 g/mol. The van der Waals surface area contributed by atoms with Crippen LogP contribution in [0.1, 0.15) is 31.1 Å². The van der Waals surface area contributed by atoms with Crippen LogP contribution in [0.5, 0.6) is 6.01 Å². The molecule has 262 valence electrons. The Kier molecular flexibility index (Phi) is 10.3. The van der Waals surface area contributed by atoms with Crippen molar-refractivity contribution in [1.29, 1.82) is 0 Å². The molecule has 0 amide bonds. The van der Waals surface area contributed by atoms with Crippen LogP contribution in [0.3, 0.4) is 0 Å². The smallest absolute Gasteiger partial charge is 0.301 e. The van der Waals surface area contributed by atoms with E-state index in [1.165, 1.54) is 0 Å². The predicted octanol–water partition coefficient (Wildman–Crippen LogP) is 8.48. The predicted molar refractivity (Wildman–Crippen MR) is 199 cm³/mol. The highest BCUT2D eigenvalue weighted by Gasteiger charge is 2.52. The van der Waals surface area contributed by atoms with Crippen molar-refractivity contribution in [3.05, 3.63) is 65.2 Å². The quantitative estimate of drug-likeness (QED) is 0.0817. The number of carbonyl (C=O) groups excluding carboxylic acids is 1. The van der Waals surface area contributed by atoms with E-state index < -0.39 is 16.4 Å². The van der Waals surface area contributed by atoms with Gasteiger partial charge in [-0.15, -0.1) is 0 Å². The van der Waals surface area contributed by atoms with Gasteiger partial charge in [-0.2, -0.15) is 4.98 Å². The maximum atomic E-state index is 11.1. The molecule has 2 fully saturated rings. The number of benzene rings is 2. The van der Waals surface area contributed by atoms with E-state index >= 15 is 0 Å². The highest BCUT2D eigenvalue weighted by atomic mass is 35.5. The molecule has 4 heterocycles. The molecule has 4 aromatic rings. The van der Waals surface area contributed by atoms with Crippen LogP contribution in [0.15, 0.2) is 54.6 Å². The maximum Gasteiger partial charge on any atom is 0.301 e. The summed E-state index contributed by atoms with van der Waals surface area (Å²) in [5.74, 6) is 0. The number of aromatic nitrogens is 3. The number of pyridine rings is 1. The van der Waals surface area contributed by atoms with E-state index in [4.69, 9.17) is 44.9 Å². The Labute approximate surface area is 296 Å². The second kappa shape index (κ2) is 14.0. The van der Waals surface area contributed by atoms with E-state index in [1.807, 2.05) is 59.2 Å². The van der Waals surface area contributed by atoms with E-state index in [2.05, 4.69) is 53.5 Å². The number of hydrogen-bond donors (Lipinski definition) is 0. The van der Waals surface area contributed by atoms with Gasteiger partial charge in [-0.1, -0.05) is 101 Å². The molecule has 2 aliphatic heterocycles. The van der Waals surface area contributed by atoms with Gasteiger partial charge in [-0.3, -0.25) is 9.36 Å². The largest absolute Gasteiger partial charge is 0.456 e. The first-order valence-electron chi connectivity index (χ1n) is 17.0. The van der Waals surface area contributed by atoms with Gasteiger partial charge in [0.25, 0.3) is 0 Å². The van der Waals surface area contributed by atoms with E-state index in [1.54, 1.807) is 0 Å². The Morgan fingerprint density at radius 3 is 2.10 bits per heavy atom. The Hall–Kier alpha value is -2.91. The molecule has 0 radical (unpaired) electrons. The number of halogens is 1. The third-order valence-corrected chi connectivity index (χ3v) is 16.4. The first-order chi connectivity index (χ1) is 23.1. The minimum atomic E-state index is -2.02. The molecular formula is C37H48ClN3O6Si2. The maximum absolute atomic E-state index is 11.1. The number of rotatable bonds is 12. The van der Waals surface area contributed by atoms with Gasteiger partial charge < -0.3 is 23.4 Å². The van der Waals surface area contributed by atoms with Crippen LogP contribution >= 0.6 is 11.6 Å². The summed E-state index contributed by atoms with van der Waals surface area (Å²) in [6.07, 6.45) is -0.117. The molecule has 12 heteroatoms. The summed E-state index contributed by atoms with van der Waals surface area (Å²) in [7, 11) is -3.30. The summed E-state index contributed by atoms with van der Waals surface area (Å²) in [6.45, 7) is 20.0. The zero-order chi connectivity index (χ0) is 35.1. The number of nitrogens with zero attached hydrogens (tertiary/aromatic N) is 3. The first-order valence-corrected chi connectivity index (χ1v) is 24.0. The molecule has 0 saturated carbocycles. The molecular weight excluding hydrogens is 674 g/mol. The lowest BCUT2D eigenvalue weighted by Crippen LogP contribution is -2.47. The molecule has 6 rings (SSSR count). The molecule has 0 spiro atoms. The minimum Gasteiger partial charge on any atom is -0.456 e. The van der Waals surface area contributed by atoms with Crippen molar-refractivity contribution < 1.29 is 28.2 Å². The van der Waals surface area contributed by atoms with Crippen LogP contribution in [-0.2, 0) is 25.4 Å². The highest BCUT2D eigenvalue weighted by Crippen LogP contribution is 2.41. The molecule has 9 nitrogen and oxygen atoms in total. The average Bonchev–Trinajstić information content (AvgIpc) is 3.73. The highest BCUT2D eigenvalue weighted by molar-refractivity contribution is 6.76. The monoisotopic (exact) mass is 721 g/mol. The van der Waals surface area contributed by atoms with Crippen molar-refractivity contribution in [2.75, 3.05) is 19.8 Å². The van der Waals surface area contributed by atoms with Gasteiger partial charge in [0.2, 0.25) is 0 Å². The fourth-order valence-corrected chi connectivity index (χ4v) is 8.18. The summed E-state index contributed by atoms with van der Waals surface area (Å²) in [5.41, 5.74) is 5.42. The van der Waals surface area contributed by atoms with E-state index in [9.17, 15) is 4.79 Å². The van der Waals surface area contributed by atoms with Gasteiger partial charge >= 0.3 is 6.01 Å². The van der Waals surface area contributed by atoms with Crippen molar-refractivity contribution in [2.45, 2.75) is 95.7 Å². The second-order valence-electron chi connectivity index (χ2n) is 15.8. The summed E-state index contributed by atoms with van der Waals surface area (Å²) < 4.78 is 33.9. The molecule has 2 aromatic carbocycles. The molecule has 0 bridgehead atoms. The number of carbonyl (C=O) groups is 1. The number of imidazole rings is 1. The van der Waals surface area contributed by atoms with Crippen molar-refractivity contribution in [1.82, 2.24) is 14.5 Å². The van der Waals surface area contributed by atoms with Crippen LogP contribution < -0.4 is 4.74 Å². The van der Waals surface area contributed by atoms with E-state index in [0.29, 0.717) is 47.8 Å². The van der Waals surface area contributed by atoms with Gasteiger partial charge in [0.15, 0.2) is 20.1 Å². The van der Waals surface area contributed by atoms with Crippen molar-refractivity contribution in [3.63, 3.8) is 0 Å². The van der Waals surface area contributed by atoms with Gasteiger partial charge in [-0.05, 0) is 41.4 Å². The van der Waals surface area contributed by atoms with Gasteiger partial charge in [0, 0.05) is 25.8 Å². The van der Waals surface area contributed by atoms with Gasteiger partial charge in [0.05, 0.1) is 35.6 Å². The number of aldehydes is 1. The molecule has 0 aliphatic carbocycles. The lowest BCUT2D eigenvalue weighted by atomic mass is 10.0. The third-order valence-electron chi connectivity index (χ3n) is 9.89. The lowest BCUT2D eigenvalue weighted by molar-refractivity contribution is 0.00691. The Balaban J connectivity index is 1.26. The van der Waals surface area contributed by atoms with Gasteiger partial charge in [-0.25, -0.2) is 4.98 Å². The van der Waals surface area contributed by atoms with Crippen LogP contribution in [0.4, 0.5) is 0 Å². The Morgan fingerprint density at radius 1 is 0.898 bits per heavy atom. The normalized spacial score (nSPS) is 21.3. The fraction of sp³-hybridized carbons (Fsp3) is 0.486. The topological polar surface area (TPSA) is 93.9 Å². The van der Waals surface area contributed by atoms with Crippen LogP contribution in [-0.4, -0.2) is 81.4 Å². The zero-order valence-electron chi connectivity index (χ0n) is 29.8.